The molecule has 0 saturated carbocycles. The van der Waals surface area contributed by atoms with Crippen molar-refractivity contribution in [2.24, 2.45) is 0 Å². The second-order valence-corrected chi connectivity index (χ2v) is 4.88. The van der Waals surface area contributed by atoms with E-state index in [1.54, 1.807) is 17.5 Å². The summed E-state index contributed by atoms with van der Waals surface area (Å²) in [5.74, 6) is 0.192. The van der Waals surface area contributed by atoms with Crippen LogP contribution in [0.15, 0.2) is 17.5 Å². The van der Waals surface area contributed by atoms with Crippen LogP contribution in [0, 0.1) is 3.57 Å². The Hall–Kier alpha value is -0.305. The highest BCUT2D eigenvalue weighted by atomic mass is 127. The Balaban J connectivity index is 2.83. The van der Waals surface area contributed by atoms with Gasteiger partial charge in [0.2, 0.25) is 0 Å². The van der Waals surface area contributed by atoms with Crippen LogP contribution in [-0.4, -0.2) is 22.3 Å². The molecule has 0 radical (unpaired) electrons. The number of aromatic hydroxyl groups is 1. The van der Waals surface area contributed by atoms with Crippen LogP contribution in [0.2, 0.25) is 0 Å². The van der Waals surface area contributed by atoms with Crippen LogP contribution in [0.4, 0.5) is 0 Å². The van der Waals surface area contributed by atoms with Gasteiger partial charge < -0.3 is 15.2 Å². The fourth-order valence-corrected chi connectivity index (χ4v) is 3.22. The minimum absolute atomic E-state index is 0.192. The molecule has 0 amide bonds. The van der Waals surface area contributed by atoms with Crippen molar-refractivity contribution in [2.75, 3.05) is 0 Å². The summed E-state index contributed by atoms with van der Waals surface area (Å²) in [4.78, 5) is 0. The molecule has 1 heterocycles. The summed E-state index contributed by atoms with van der Waals surface area (Å²) < 4.78 is 1.63. The molecule has 1 aromatic heterocycles. The van der Waals surface area contributed by atoms with Gasteiger partial charge in [0.25, 0.3) is 0 Å². The zero-order chi connectivity index (χ0) is 10.3. The van der Waals surface area contributed by atoms with Crippen molar-refractivity contribution < 1.29 is 15.2 Å². The molecular formula is C8H6BIO3S. The van der Waals surface area contributed by atoms with Crippen molar-refractivity contribution in [3.8, 4) is 5.75 Å². The molecular weight excluding hydrogens is 314 g/mol. The van der Waals surface area contributed by atoms with Gasteiger partial charge in [-0.3, -0.25) is 0 Å². The van der Waals surface area contributed by atoms with Crippen molar-refractivity contribution in [1.29, 1.82) is 0 Å². The highest BCUT2D eigenvalue weighted by Gasteiger charge is 2.18. The van der Waals surface area contributed by atoms with Crippen LogP contribution >= 0.6 is 33.9 Å². The fraction of sp³-hybridized carbons (Fsp3) is 0. The molecule has 2 rings (SSSR count). The van der Waals surface area contributed by atoms with Gasteiger partial charge in [0.05, 0.1) is 0 Å². The first-order valence-electron chi connectivity index (χ1n) is 3.86. The summed E-state index contributed by atoms with van der Waals surface area (Å²) in [6, 6.07) is 3.41. The van der Waals surface area contributed by atoms with E-state index in [-0.39, 0.29) is 5.75 Å². The van der Waals surface area contributed by atoms with Gasteiger partial charge in [-0.05, 0) is 28.7 Å². The van der Waals surface area contributed by atoms with Gasteiger partial charge in [0.1, 0.15) is 5.75 Å². The standard InChI is InChI=1S/C8H6BIO3S/c10-5-2-1-4(9(12)13)8-7(5)6(11)3-14-8/h1-3,11-13H. The minimum Gasteiger partial charge on any atom is -0.506 e. The predicted octanol–water partition coefficient (Wildman–Crippen LogP) is 0.891. The summed E-state index contributed by atoms with van der Waals surface area (Å²) in [5, 5.41) is 30.0. The van der Waals surface area contributed by atoms with Crippen molar-refractivity contribution in [3.05, 3.63) is 21.1 Å². The first-order valence-corrected chi connectivity index (χ1v) is 5.82. The third kappa shape index (κ3) is 1.52. The molecule has 0 aliphatic heterocycles. The van der Waals surface area contributed by atoms with E-state index in [1.807, 2.05) is 0 Å². The van der Waals surface area contributed by atoms with E-state index in [0.29, 0.717) is 10.8 Å². The maximum atomic E-state index is 9.54. The van der Waals surface area contributed by atoms with E-state index in [9.17, 15) is 5.11 Å². The fourth-order valence-electron chi connectivity index (χ4n) is 1.32. The van der Waals surface area contributed by atoms with E-state index >= 15 is 0 Å². The minimum atomic E-state index is -1.49. The van der Waals surface area contributed by atoms with Crippen molar-refractivity contribution in [1.82, 2.24) is 0 Å². The van der Waals surface area contributed by atoms with E-state index < -0.39 is 7.12 Å². The Bertz CT molecular complexity index is 483. The highest BCUT2D eigenvalue weighted by molar-refractivity contribution is 14.1. The van der Waals surface area contributed by atoms with Crippen LogP contribution in [0.25, 0.3) is 10.1 Å². The van der Waals surface area contributed by atoms with Crippen LogP contribution in [0.3, 0.4) is 0 Å². The first-order chi connectivity index (χ1) is 6.61. The van der Waals surface area contributed by atoms with Gasteiger partial charge in [-0.25, -0.2) is 0 Å². The largest absolute Gasteiger partial charge is 0.506 e. The Labute approximate surface area is 98.3 Å². The number of halogens is 1. The third-order valence-corrected chi connectivity index (χ3v) is 3.88. The summed E-state index contributed by atoms with van der Waals surface area (Å²) >= 11 is 3.41. The molecule has 1 aromatic carbocycles. The van der Waals surface area contributed by atoms with Gasteiger partial charge in [0.15, 0.2) is 0 Å². The molecule has 0 saturated heterocycles. The normalized spacial score (nSPS) is 10.8. The lowest BCUT2D eigenvalue weighted by Crippen LogP contribution is -2.29. The Morgan fingerprint density at radius 2 is 2.00 bits per heavy atom. The van der Waals surface area contributed by atoms with Crippen molar-refractivity contribution in [3.63, 3.8) is 0 Å². The maximum Gasteiger partial charge on any atom is 0.489 e. The van der Waals surface area contributed by atoms with Gasteiger partial charge in [-0.2, -0.15) is 0 Å². The molecule has 0 aliphatic carbocycles. The molecule has 0 fully saturated rings. The molecule has 6 heteroatoms. The molecule has 3 N–H and O–H groups in total. The van der Waals surface area contributed by atoms with Crippen LogP contribution in [0.5, 0.6) is 5.75 Å². The average Bonchev–Trinajstić information content (AvgIpc) is 2.49. The van der Waals surface area contributed by atoms with Crippen LogP contribution in [-0.2, 0) is 0 Å². The monoisotopic (exact) mass is 320 g/mol. The lowest BCUT2D eigenvalue weighted by Gasteiger charge is -2.02. The SMILES string of the molecule is OB(O)c1ccc(I)c2c(O)csc12. The number of fused-ring (bicyclic) bond motifs is 1. The quantitative estimate of drug-likeness (QED) is 0.540. The van der Waals surface area contributed by atoms with Gasteiger partial charge >= 0.3 is 7.12 Å². The summed E-state index contributed by atoms with van der Waals surface area (Å²) in [6.07, 6.45) is 0. The Kier molecular flexibility index (Phi) is 2.69. The van der Waals surface area contributed by atoms with E-state index in [4.69, 9.17) is 10.0 Å². The molecule has 0 spiro atoms. The van der Waals surface area contributed by atoms with Gasteiger partial charge in [-0.15, -0.1) is 11.3 Å². The Morgan fingerprint density at radius 1 is 1.29 bits per heavy atom. The smallest absolute Gasteiger partial charge is 0.489 e. The number of benzene rings is 1. The summed E-state index contributed by atoms with van der Waals surface area (Å²) in [5.41, 5.74) is 0.436. The van der Waals surface area contributed by atoms with Gasteiger partial charge in [-0.1, -0.05) is 6.07 Å². The second kappa shape index (κ2) is 3.69. The molecule has 72 valence electrons. The van der Waals surface area contributed by atoms with Gasteiger partial charge in [0, 0.05) is 24.5 Å². The average molecular weight is 320 g/mol. The lowest BCUT2D eigenvalue weighted by molar-refractivity contribution is 0.426. The molecule has 0 aliphatic rings. The molecule has 14 heavy (non-hydrogen) atoms. The predicted molar refractivity (Wildman–Crippen MR) is 66.0 cm³/mol. The maximum absolute atomic E-state index is 9.54. The third-order valence-electron chi connectivity index (χ3n) is 1.96. The zero-order valence-electron chi connectivity index (χ0n) is 6.94. The van der Waals surface area contributed by atoms with Crippen molar-refractivity contribution >= 4 is 56.6 Å². The molecule has 0 bridgehead atoms. The van der Waals surface area contributed by atoms with Crippen LogP contribution < -0.4 is 5.46 Å². The zero-order valence-corrected chi connectivity index (χ0v) is 9.91. The number of rotatable bonds is 1. The molecule has 3 nitrogen and oxygen atoms in total. The topological polar surface area (TPSA) is 60.7 Å². The number of hydrogen-bond acceptors (Lipinski definition) is 4. The molecule has 2 aromatic rings. The first kappa shape index (κ1) is 10.2. The van der Waals surface area contributed by atoms with Crippen molar-refractivity contribution in [2.45, 2.75) is 0 Å². The van der Waals surface area contributed by atoms with Crippen LogP contribution in [0.1, 0.15) is 0 Å². The van der Waals surface area contributed by atoms with E-state index in [0.717, 1.165) is 8.27 Å². The highest BCUT2D eigenvalue weighted by Crippen LogP contribution is 2.33. The summed E-state index contributed by atoms with van der Waals surface area (Å²) in [6.45, 7) is 0. The lowest BCUT2D eigenvalue weighted by atomic mass is 9.80. The summed E-state index contributed by atoms with van der Waals surface area (Å²) in [7, 11) is -1.49. The second-order valence-electron chi connectivity index (χ2n) is 2.84. The van der Waals surface area contributed by atoms with E-state index in [2.05, 4.69) is 22.6 Å². The Morgan fingerprint density at radius 3 is 2.64 bits per heavy atom. The number of hydrogen-bond donors (Lipinski definition) is 3. The molecule has 0 unspecified atom stereocenters. The van der Waals surface area contributed by atoms with E-state index in [1.165, 1.54) is 11.3 Å². The number of thiophene rings is 1. The molecule has 0 atom stereocenters.